The van der Waals surface area contributed by atoms with Gasteiger partial charge in [-0.1, -0.05) is 12.1 Å². The second kappa shape index (κ2) is 4.03. The van der Waals surface area contributed by atoms with Gasteiger partial charge in [0.15, 0.2) is 0 Å². The number of fused-ring (bicyclic) bond motifs is 1. The third-order valence-electron chi connectivity index (χ3n) is 2.74. The first-order chi connectivity index (χ1) is 7.16. The molecule has 0 radical (unpaired) electrons. The van der Waals surface area contributed by atoms with Crippen molar-refractivity contribution < 1.29 is 9.90 Å². The number of hydrogen-bond acceptors (Lipinski definition) is 2. The van der Waals surface area contributed by atoms with E-state index in [9.17, 15) is 9.90 Å². The summed E-state index contributed by atoms with van der Waals surface area (Å²) in [6.45, 7) is 1.75. The van der Waals surface area contributed by atoms with E-state index in [1.807, 2.05) is 18.2 Å². The number of anilines is 1. The predicted octanol–water partition coefficient (Wildman–Crippen LogP) is 2.01. The lowest BCUT2D eigenvalue weighted by Crippen LogP contribution is -2.09. The molecule has 0 unspecified atom stereocenters. The minimum Gasteiger partial charge on any atom is -0.389 e. The molecule has 0 bridgehead atoms. The van der Waals surface area contributed by atoms with Crippen molar-refractivity contribution in [3.63, 3.8) is 0 Å². The molecule has 1 aliphatic rings. The highest BCUT2D eigenvalue weighted by Gasteiger charge is 2.13. The molecule has 1 aromatic rings. The second-order valence-corrected chi connectivity index (χ2v) is 3.99. The molecule has 0 aliphatic carbocycles. The van der Waals surface area contributed by atoms with Crippen molar-refractivity contribution in [1.29, 1.82) is 0 Å². The van der Waals surface area contributed by atoms with Crippen molar-refractivity contribution in [3.05, 3.63) is 29.3 Å². The second-order valence-electron chi connectivity index (χ2n) is 3.99. The lowest BCUT2D eigenvalue weighted by atomic mass is 10.0. The molecule has 1 aromatic carbocycles. The van der Waals surface area contributed by atoms with Crippen LogP contribution in [0, 0.1) is 0 Å². The summed E-state index contributed by atoms with van der Waals surface area (Å²) in [5.74, 6) is 0.0820. The van der Waals surface area contributed by atoms with Crippen molar-refractivity contribution in [2.45, 2.75) is 32.3 Å². The Morgan fingerprint density at radius 1 is 1.40 bits per heavy atom. The van der Waals surface area contributed by atoms with Gasteiger partial charge in [0.2, 0.25) is 5.91 Å². The number of rotatable bonds is 1. The smallest absolute Gasteiger partial charge is 0.224 e. The molecule has 1 atom stereocenters. The Balaban J connectivity index is 2.35. The van der Waals surface area contributed by atoms with Gasteiger partial charge < -0.3 is 10.4 Å². The molecule has 1 aliphatic heterocycles. The lowest BCUT2D eigenvalue weighted by Gasteiger charge is -2.10. The highest BCUT2D eigenvalue weighted by molar-refractivity contribution is 5.92. The largest absolute Gasteiger partial charge is 0.389 e. The molecule has 0 fully saturated rings. The van der Waals surface area contributed by atoms with Crippen LogP contribution in [0.4, 0.5) is 5.69 Å². The van der Waals surface area contributed by atoms with Crippen LogP contribution in [0.25, 0.3) is 0 Å². The zero-order chi connectivity index (χ0) is 10.8. The number of hydrogen-bond donors (Lipinski definition) is 2. The third kappa shape index (κ3) is 2.18. The van der Waals surface area contributed by atoms with E-state index in [4.69, 9.17) is 0 Å². The Morgan fingerprint density at radius 2 is 2.20 bits per heavy atom. The van der Waals surface area contributed by atoms with Gasteiger partial charge in [-0.05, 0) is 37.0 Å². The number of carbonyl (C=O) groups is 1. The molecule has 0 saturated carbocycles. The first-order valence-corrected chi connectivity index (χ1v) is 5.27. The van der Waals surface area contributed by atoms with Crippen LogP contribution in [0.1, 0.15) is 37.0 Å². The monoisotopic (exact) mass is 205 g/mol. The van der Waals surface area contributed by atoms with E-state index in [1.165, 1.54) is 0 Å². The van der Waals surface area contributed by atoms with Crippen LogP contribution in [-0.2, 0) is 11.2 Å². The molecule has 0 spiro atoms. The predicted molar refractivity (Wildman–Crippen MR) is 58.6 cm³/mol. The van der Waals surface area contributed by atoms with Gasteiger partial charge in [-0.15, -0.1) is 0 Å². The van der Waals surface area contributed by atoms with Crippen molar-refractivity contribution in [1.82, 2.24) is 0 Å². The number of aliphatic hydroxyl groups is 1. The summed E-state index contributed by atoms with van der Waals surface area (Å²) in [5.41, 5.74) is 2.92. The van der Waals surface area contributed by atoms with Crippen molar-refractivity contribution in [3.8, 4) is 0 Å². The van der Waals surface area contributed by atoms with Crippen molar-refractivity contribution in [2.75, 3.05) is 5.32 Å². The first kappa shape index (κ1) is 10.2. The molecule has 0 aromatic heterocycles. The van der Waals surface area contributed by atoms with Crippen LogP contribution in [-0.4, -0.2) is 11.0 Å². The Hall–Kier alpha value is -1.35. The molecule has 1 heterocycles. The van der Waals surface area contributed by atoms with Crippen LogP contribution >= 0.6 is 0 Å². The van der Waals surface area contributed by atoms with Crippen LogP contribution in [0.5, 0.6) is 0 Å². The van der Waals surface area contributed by atoms with Gasteiger partial charge in [-0.2, -0.15) is 0 Å². The zero-order valence-corrected chi connectivity index (χ0v) is 8.79. The molecule has 80 valence electrons. The van der Waals surface area contributed by atoms with Crippen molar-refractivity contribution in [2.24, 2.45) is 0 Å². The lowest BCUT2D eigenvalue weighted by molar-refractivity contribution is -0.116. The summed E-state index contributed by atoms with van der Waals surface area (Å²) in [6.07, 6.45) is 1.91. The molecule has 3 heteroatoms. The number of nitrogens with one attached hydrogen (secondary N) is 1. The van der Waals surface area contributed by atoms with Gasteiger partial charge >= 0.3 is 0 Å². The molecular weight excluding hydrogens is 190 g/mol. The Morgan fingerprint density at radius 3 is 2.93 bits per heavy atom. The maximum absolute atomic E-state index is 11.3. The first-order valence-electron chi connectivity index (χ1n) is 5.27. The average molecular weight is 205 g/mol. The summed E-state index contributed by atoms with van der Waals surface area (Å²) in [7, 11) is 0. The summed E-state index contributed by atoms with van der Waals surface area (Å²) < 4.78 is 0. The normalized spacial score (nSPS) is 17.6. The highest BCUT2D eigenvalue weighted by atomic mass is 16.3. The third-order valence-corrected chi connectivity index (χ3v) is 2.74. The van der Waals surface area contributed by atoms with E-state index in [0.29, 0.717) is 6.42 Å². The number of carbonyl (C=O) groups excluding carboxylic acids is 1. The molecule has 2 N–H and O–H groups in total. The summed E-state index contributed by atoms with van der Waals surface area (Å²) in [4.78, 5) is 11.3. The van der Waals surface area contributed by atoms with Gasteiger partial charge in [-0.25, -0.2) is 0 Å². The van der Waals surface area contributed by atoms with Gasteiger partial charge in [0.1, 0.15) is 0 Å². The van der Waals surface area contributed by atoms with Gasteiger partial charge in [0.05, 0.1) is 6.10 Å². The van der Waals surface area contributed by atoms with Gasteiger partial charge in [0.25, 0.3) is 0 Å². The molecule has 2 rings (SSSR count). The number of aliphatic hydroxyl groups excluding tert-OH is 1. The fourth-order valence-electron chi connectivity index (χ4n) is 1.85. The number of benzene rings is 1. The van der Waals surface area contributed by atoms with Gasteiger partial charge in [-0.3, -0.25) is 4.79 Å². The Bertz CT molecular complexity index is 385. The maximum atomic E-state index is 11.3. The Kier molecular flexibility index (Phi) is 2.73. The maximum Gasteiger partial charge on any atom is 0.224 e. The highest BCUT2D eigenvalue weighted by Crippen LogP contribution is 2.25. The van der Waals surface area contributed by atoms with Crippen LogP contribution in [0.3, 0.4) is 0 Å². The zero-order valence-electron chi connectivity index (χ0n) is 8.79. The van der Waals surface area contributed by atoms with Crippen LogP contribution in [0.2, 0.25) is 0 Å². The number of aryl methyl sites for hydroxylation is 1. The quantitative estimate of drug-likeness (QED) is 0.736. The van der Waals surface area contributed by atoms with E-state index >= 15 is 0 Å². The van der Waals surface area contributed by atoms with E-state index in [-0.39, 0.29) is 5.91 Å². The summed E-state index contributed by atoms with van der Waals surface area (Å²) in [6, 6.07) is 5.71. The van der Waals surface area contributed by atoms with Crippen molar-refractivity contribution >= 4 is 11.6 Å². The van der Waals surface area contributed by atoms with Crippen LogP contribution < -0.4 is 5.32 Å². The summed E-state index contributed by atoms with van der Waals surface area (Å²) >= 11 is 0. The Labute approximate surface area is 89.1 Å². The van der Waals surface area contributed by atoms with E-state index < -0.39 is 6.10 Å². The van der Waals surface area contributed by atoms with E-state index in [0.717, 1.165) is 29.7 Å². The number of amides is 1. The fourth-order valence-corrected chi connectivity index (χ4v) is 1.85. The van der Waals surface area contributed by atoms with Crippen LogP contribution in [0.15, 0.2) is 18.2 Å². The van der Waals surface area contributed by atoms with Gasteiger partial charge in [0, 0.05) is 12.1 Å². The van der Waals surface area contributed by atoms with E-state index in [1.54, 1.807) is 6.92 Å². The molecule has 15 heavy (non-hydrogen) atoms. The minimum atomic E-state index is -0.450. The average Bonchev–Trinajstić information content (AvgIpc) is 2.37. The molecule has 0 saturated heterocycles. The molecular formula is C12H15NO2. The fraction of sp³-hybridized carbons (Fsp3) is 0.417. The standard InChI is InChI=1S/C12H15NO2/c1-8(14)9-5-6-11-10(7-9)3-2-4-12(15)13-11/h5-8,14H,2-4H2,1H3,(H,13,15)/t8-/m0/s1. The minimum absolute atomic E-state index is 0.0820. The molecule has 1 amide bonds. The SMILES string of the molecule is C[C@H](O)c1ccc2c(c1)CCCC(=O)N2. The van der Waals surface area contributed by atoms with E-state index in [2.05, 4.69) is 5.32 Å². The topological polar surface area (TPSA) is 49.3 Å². The summed E-state index contributed by atoms with van der Waals surface area (Å²) in [5, 5.41) is 12.3. The molecule has 3 nitrogen and oxygen atoms in total.